The van der Waals surface area contributed by atoms with Crippen molar-refractivity contribution in [1.29, 1.82) is 5.26 Å². The summed E-state index contributed by atoms with van der Waals surface area (Å²) in [6, 6.07) is 6.43. The van der Waals surface area contributed by atoms with E-state index in [4.69, 9.17) is 11.6 Å². The van der Waals surface area contributed by atoms with E-state index >= 15 is 0 Å². The second-order valence-electron chi connectivity index (χ2n) is 6.11. The van der Waals surface area contributed by atoms with E-state index in [9.17, 15) is 20.2 Å². The molecule has 0 aliphatic heterocycles. The number of nitrogens with zero attached hydrogens (tertiary/aromatic N) is 2. The molecule has 1 aliphatic carbocycles. The summed E-state index contributed by atoms with van der Waals surface area (Å²) in [6.45, 7) is 3.62. The molecule has 5 nitrogen and oxygen atoms in total. The summed E-state index contributed by atoms with van der Waals surface area (Å²) < 4.78 is 0. The minimum Gasteiger partial charge on any atom is -0.297 e. The quantitative estimate of drug-likeness (QED) is 0.629. The summed E-state index contributed by atoms with van der Waals surface area (Å²) in [5, 5.41) is 20.9. The Kier molecular flexibility index (Phi) is 3.77. The van der Waals surface area contributed by atoms with Gasteiger partial charge in [-0.15, -0.1) is 0 Å². The molecule has 21 heavy (non-hydrogen) atoms. The minimum atomic E-state index is -1.18. The van der Waals surface area contributed by atoms with Gasteiger partial charge in [0.2, 0.25) is 0 Å². The molecule has 0 saturated heterocycles. The van der Waals surface area contributed by atoms with Gasteiger partial charge in [0.1, 0.15) is 5.41 Å². The Hall–Kier alpha value is -1.93. The van der Waals surface area contributed by atoms with Crippen molar-refractivity contribution in [3.8, 4) is 6.07 Å². The predicted molar refractivity (Wildman–Crippen MR) is 77.9 cm³/mol. The van der Waals surface area contributed by atoms with Crippen molar-refractivity contribution in [2.24, 2.45) is 10.8 Å². The maximum Gasteiger partial charge on any atom is 0.274 e. The third-order valence-corrected chi connectivity index (χ3v) is 4.41. The number of hydrogen-bond acceptors (Lipinski definition) is 4. The van der Waals surface area contributed by atoms with Crippen LogP contribution in [0.25, 0.3) is 0 Å². The number of carbonyl (C=O) groups is 1. The zero-order chi connectivity index (χ0) is 15.8. The lowest BCUT2D eigenvalue weighted by atomic mass is 9.76. The van der Waals surface area contributed by atoms with Gasteiger partial charge in [0, 0.05) is 28.5 Å². The molecule has 1 unspecified atom stereocenters. The number of nitriles is 1. The fourth-order valence-electron chi connectivity index (χ4n) is 2.90. The van der Waals surface area contributed by atoms with Gasteiger partial charge < -0.3 is 0 Å². The number of hydrogen-bond donors (Lipinski definition) is 0. The first-order valence-electron chi connectivity index (χ1n) is 6.61. The first kappa shape index (κ1) is 15.5. The van der Waals surface area contributed by atoms with E-state index in [-0.39, 0.29) is 22.9 Å². The third-order valence-electron chi connectivity index (χ3n) is 4.18. The molecule has 0 spiro atoms. The van der Waals surface area contributed by atoms with E-state index in [1.807, 2.05) is 13.8 Å². The minimum absolute atomic E-state index is 0.0548. The van der Waals surface area contributed by atoms with Crippen LogP contribution in [0.5, 0.6) is 0 Å². The number of halogens is 1. The van der Waals surface area contributed by atoms with Gasteiger partial charge in [-0.05, 0) is 18.9 Å². The van der Waals surface area contributed by atoms with E-state index in [1.165, 1.54) is 12.1 Å². The summed E-state index contributed by atoms with van der Waals surface area (Å²) in [7, 11) is 0. The van der Waals surface area contributed by atoms with E-state index in [0.29, 0.717) is 18.4 Å². The van der Waals surface area contributed by atoms with Gasteiger partial charge in [-0.1, -0.05) is 31.5 Å². The van der Waals surface area contributed by atoms with E-state index in [2.05, 4.69) is 6.07 Å². The number of carbonyl (C=O) groups excluding carboxylic acids is 1. The van der Waals surface area contributed by atoms with Crippen LogP contribution in [-0.4, -0.2) is 10.7 Å². The highest BCUT2D eigenvalue weighted by Crippen LogP contribution is 2.48. The molecule has 0 N–H and O–H groups in total. The first-order valence-corrected chi connectivity index (χ1v) is 6.99. The largest absolute Gasteiger partial charge is 0.297 e. The Morgan fingerprint density at radius 2 is 2.10 bits per heavy atom. The van der Waals surface area contributed by atoms with Crippen LogP contribution < -0.4 is 0 Å². The number of nitro groups is 1. The molecule has 0 radical (unpaired) electrons. The fraction of sp³-hybridized carbons (Fsp3) is 0.467. The molecule has 0 aromatic heterocycles. The summed E-state index contributed by atoms with van der Waals surface area (Å²) in [5.74, 6) is -0.137. The summed E-state index contributed by atoms with van der Waals surface area (Å²) in [6.07, 6.45) is 1.09. The second-order valence-corrected chi connectivity index (χ2v) is 6.55. The molecular weight excluding hydrogens is 292 g/mol. The standard InChI is InChI=1S/C15H15ClN2O3/c1-14(2)5-6-15(9-17,13(14)19)8-10-3-4-11(16)7-12(10)18(20)21/h3-4,7H,5-6,8H2,1-2H3. The summed E-state index contributed by atoms with van der Waals surface area (Å²) >= 11 is 5.78. The molecule has 1 fully saturated rings. The predicted octanol–water partition coefficient (Wildman–Crippen LogP) is 3.69. The highest BCUT2D eigenvalue weighted by molar-refractivity contribution is 6.30. The van der Waals surface area contributed by atoms with E-state index in [0.717, 1.165) is 0 Å². The Bertz CT molecular complexity index is 663. The lowest BCUT2D eigenvalue weighted by Crippen LogP contribution is -2.33. The first-order chi connectivity index (χ1) is 9.72. The van der Waals surface area contributed by atoms with Gasteiger partial charge in [0.15, 0.2) is 5.78 Å². The third kappa shape index (κ3) is 2.64. The topological polar surface area (TPSA) is 84.0 Å². The van der Waals surface area contributed by atoms with Crippen molar-refractivity contribution in [2.75, 3.05) is 0 Å². The SMILES string of the molecule is CC1(C)CCC(C#N)(Cc2ccc(Cl)cc2[N+](=O)[O-])C1=O. The average molecular weight is 307 g/mol. The molecule has 110 valence electrons. The average Bonchev–Trinajstić information content (AvgIpc) is 2.65. The molecule has 0 heterocycles. The molecule has 0 amide bonds. The fourth-order valence-corrected chi connectivity index (χ4v) is 3.06. The normalized spacial score (nSPS) is 23.8. The molecular formula is C15H15ClN2O3. The molecule has 2 rings (SSSR count). The Balaban J connectivity index is 2.44. The molecule has 1 saturated carbocycles. The van der Waals surface area contributed by atoms with Crippen molar-refractivity contribution in [3.63, 3.8) is 0 Å². The lowest BCUT2D eigenvalue weighted by molar-refractivity contribution is -0.385. The molecule has 1 aromatic carbocycles. The van der Waals surface area contributed by atoms with Gasteiger partial charge >= 0.3 is 0 Å². The lowest BCUT2D eigenvalue weighted by Gasteiger charge is -2.22. The van der Waals surface area contributed by atoms with Gasteiger partial charge in [0.25, 0.3) is 5.69 Å². The Labute approximate surface area is 127 Å². The van der Waals surface area contributed by atoms with Crippen molar-refractivity contribution in [3.05, 3.63) is 38.9 Å². The highest BCUT2D eigenvalue weighted by atomic mass is 35.5. The Morgan fingerprint density at radius 1 is 1.43 bits per heavy atom. The smallest absolute Gasteiger partial charge is 0.274 e. The van der Waals surface area contributed by atoms with Crippen molar-refractivity contribution in [1.82, 2.24) is 0 Å². The Morgan fingerprint density at radius 3 is 2.57 bits per heavy atom. The monoisotopic (exact) mass is 306 g/mol. The van der Waals surface area contributed by atoms with Crippen LogP contribution in [0, 0.1) is 32.3 Å². The number of ketones is 1. The number of nitro benzene ring substituents is 1. The number of benzene rings is 1. The van der Waals surface area contributed by atoms with Crippen LogP contribution in [0.3, 0.4) is 0 Å². The maximum atomic E-state index is 12.5. The summed E-state index contributed by atoms with van der Waals surface area (Å²) in [4.78, 5) is 23.1. The van der Waals surface area contributed by atoms with Crippen LogP contribution in [-0.2, 0) is 11.2 Å². The highest BCUT2D eigenvalue weighted by Gasteiger charge is 2.52. The number of rotatable bonds is 3. The maximum absolute atomic E-state index is 12.5. The van der Waals surface area contributed by atoms with Crippen LogP contribution in [0.4, 0.5) is 5.69 Å². The van der Waals surface area contributed by atoms with Crippen LogP contribution in [0.1, 0.15) is 32.3 Å². The van der Waals surface area contributed by atoms with Crippen LogP contribution in [0.2, 0.25) is 5.02 Å². The van der Waals surface area contributed by atoms with E-state index < -0.39 is 15.8 Å². The zero-order valence-electron chi connectivity index (χ0n) is 11.9. The summed E-state index contributed by atoms with van der Waals surface area (Å²) in [5.41, 5.74) is -1.51. The van der Waals surface area contributed by atoms with Gasteiger partial charge in [-0.2, -0.15) is 5.26 Å². The molecule has 1 aromatic rings. The molecule has 1 atom stereocenters. The van der Waals surface area contributed by atoms with Gasteiger partial charge in [0.05, 0.1) is 11.0 Å². The van der Waals surface area contributed by atoms with Crippen LogP contribution in [0.15, 0.2) is 18.2 Å². The zero-order valence-corrected chi connectivity index (χ0v) is 12.6. The molecule has 6 heteroatoms. The van der Waals surface area contributed by atoms with Crippen molar-refractivity contribution < 1.29 is 9.72 Å². The van der Waals surface area contributed by atoms with Gasteiger partial charge in [-0.25, -0.2) is 0 Å². The molecule has 1 aliphatic rings. The van der Waals surface area contributed by atoms with Gasteiger partial charge in [-0.3, -0.25) is 14.9 Å². The van der Waals surface area contributed by atoms with Crippen molar-refractivity contribution in [2.45, 2.75) is 33.1 Å². The second kappa shape index (κ2) is 5.12. The van der Waals surface area contributed by atoms with Crippen LogP contribution >= 0.6 is 11.6 Å². The molecule has 0 bridgehead atoms. The number of Topliss-reactive ketones (excluding diaryl/α,β-unsaturated/α-hetero) is 1. The van der Waals surface area contributed by atoms with Crippen molar-refractivity contribution >= 4 is 23.1 Å². The van der Waals surface area contributed by atoms with E-state index in [1.54, 1.807) is 6.07 Å².